The highest BCUT2D eigenvalue weighted by Crippen LogP contribution is 2.61. The van der Waals surface area contributed by atoms with E-state index in [4.69, 9.17) is 4.74 Å². The van der Waals surface area contributed by atoms with E-state index in [9.17, 15) is 14.4 Å². The van der Waals surface area contributed by atoms with Crippen LogP contribution < -0.4 is 5.32 Å². The Labute approximate surface area is 170 Å². The average molecular weight is 391 g/mol. The van der Waals surface area contributed by atoms with Gasteiger partial charge in [-0.25, -0.2) is 0 Å². The Morgan fingerprint density at radius 1 is 0.828 bits per heavy atom. The van der Waals surface area contributed by atoms with Gasteiger partial charge in [-0.05, 0) is 11.6 Å². The number of rotatable bonds is 0. The van der Waals surface area contributed by atoms with Gasteiger partial charge >= 0.3 is 0 Å². The summed E-state index contributed by atoms with van der Waals surface area (Å²) in [5.41, 5.74) is 0.835. The lowest BCUT2D eigenvalue weighted by molar-refractivity contribution is -0.124. The van der Waals surface area contributed by atoms with Crippen molar-refractivity contribution < 1.29 is 19.1 Å². The zero-order valence-electron chi connectivity index (χ0n) is 17.3. The van der Waals surface area contributed by atoms with Crippen LogP contribution in [0.1, 0.15) is 58.9 Å². The molecule has 2 aliphatic heterocycles. The quantitative estimate of drug-likeness (QED) is 0.720. The number of carbonyl (C=O) groups is 3. The van der Waals surface area contributed by atoms with Gasteiger partial charge in [-0.1, -0.05) is 45.9 Å². The molecule has 1 aromatic rings. The summed E-state index contributed by atoms with van der Waals surface area (Å²) < 4.78 is 6.55. The first kappa shape index (κ1) is 18.3. The number of fused-ring (bicyclic) bond motifs is 4. The Kier molecular flexibility index (Phi) is 3.46. The van der Waals surface area contributed by atoms with E-state index < -0.39 is 16.2 Å². The van der Waals surface area contributed by atoms with Gasteiger partial charge in [-0.15, -0.1) is 0 Å². The Morgan fingerprint density at radius 2 is 1.34 bits per heavy atom. The second kappa shape index (κ2) is 5.47. The molecule has 0 radical (unpaired) electrons. The third-order valence-electron chi connectivity index (χ3n) is 6.83. The highest BCUT2D eigenvalue weighted by atomic mass is 16.5. The van der Waals surface area contributed by atoms with Crippen molar-refractivity contribution in [2.75, 3.05) is 5.32 Å². The molecule has 0 saturated carbocycles. The second-order valence-corrected chi connectivity index (χ2v) is 10.0. The average Bonchev–Trinajstić information content (AvgIpc) is 2.88. The Morgan fingerprint density at radius 3 is 1.90 bits per heavy atom. The van der Waals surface area contributed by atoms with Gasteiger partial charge in [0.05, 0.1) is 0 Å². The predicted octanol–water partition coefficient (Wildman–Crippen LogP) is 4.19. The van der Waals surface area contributed by atoms with Gasteiger partial charge in [0, 0.05) is 53.3 Å². The normalized spacial score (nSPS) is 26.0. The lowest BCUT2D eigenvalue weighted by Gasteiger charge is -2.49. The minimum Gasteiger partial charge on any atom is -0.465 e. The Bertz CT molecular complexity index is 1020. The molecule has 4 aliphatic rings. The summed E-state index contributed by atoms with van der Waals surface area (Å²) in [7, 11) is 0. The summed E-state index contributed by atoms with van der Waals surface area (Å²) in [6.45, 7) is 7.99. The molecular weight excluding hydrogens is 366 g/mol. The molecule has 1 aromatic carbocycles. The van der Waals surface area contributed by atoms with Crippen molar-refractivity contribution in [3.8, 4) is 0 Å². The van der Waals surface area contributed by atoms with Crippen LogP contribution in [-0.4, -0.2) is 17.5 Å². The maximum atomic E-state index is 13.7. The number of anilines is 1. The van der Waals surface area contributed by atoms with Crippen LogP contribution in [-0.2, 0) is 24.5 Å². The minimum absolute atomic E-state index is 0.0966. The van der Waals surface area contributed by atoms with E-state index in [0.717, 1.165) is 22.8 Å². The fourth-order valence-electron chi connectivity index (χ4n) is 5.79. The first-order chi connectivity index (χ1) is 13.6. The monoisotopic (exact) mass is 391 g/mol. The van der Waals surface area contributed by atoms with E-state index in [1.807, 2.05) is 52.0 Å². The molecule has 5 nitrogen and oxygen atoms in total. The predicted molar refractivity (Wildman–Crippen MR) is 108 cm³/mol. The number of benzene rings is 1. The number of allylic oxidation sites excluding steroid dienone is 2. The first-order valence-electron chi connectivity index (χ1n) is 10.2. The van der Waals surface area contributed by atoms with Gasteiger partial charge in [0.1, 0.15) is 28.5 Å². The molecule has 1 spiro atoms. The number of Topliss-reactive ketones (excluding diaryl/α,β-unsaturated/α-hetero) is 2. The standard InChI is InChI=1S/C24H25NO4/c1-22(2)11-13(26)9-16-19(22)29-20-17(10-14(27)12-23(20,3)4)24(16)15-7-5-6-8-18(15)25-21(24)28/h5-8H,9-12H2,1-4H3,(H,25,28). The van der Waals surface area contributed by atoms with Crippen LogP contribution >= 0.6 is 0 Å². The van der Waals surface area contributed by atoms with Gasteiger partial charge in [-0.2, -0.15) is 0 Å². The number of carbonyl (C=O) groups excluding carboxylic acids is 3. The number of ether oxygens (including phenoxy) is 1. The molecule has 5 rings (SSSR count). The van der Waals surface area contributed by atoms with Crippen LogP contribution in [0.5, 0.6) is 0 Å². The van der Waals surface area contributed by atoms with Crippen molar-refractivity contribution in [3.63, 3.8) is 0 Å². The number of amides is 1. The molecule has 0 aromatic heterocycles. The fraction of sp³-hybridized carbons (Fsp3) is 0.458. The van der Waals surface area contributed by atoms with Crippen molar-refractivity contribution in [1.29, 1.82) is 0 Å². The van der Waals surface area contributed by atoms with Crippen LogP contribution in [0.4, 0.5) is 5.69 Å². The fourth-order valence-corrected chi connectivity index (χ4v) is 5.79. The molecule has 2 aliphatic carbocycles. The van der Waals surface area contributed by atoms with Gasteiger partial charge in [-0.3, -0.25) is 14.4 Å². The molecule has 0 saturated heterocycles. The molecule has 5 heteroatoms. The summed E-state index contributed by atoms with van der Waals surface area (Å²) in [5, 5.41) is 3.02. The zero-order chi connectivity index (χ0) is 20.8. The molecule has 0 atom stereocenters. The number of nitrogens with one attached hydrogen (secondary N) is 1. The molecule has 1 N–H and O–H groups in total. The SMILES string of the molecule is CC1(C)CC(=O)CC2=C1OC1=C(CC(=O)CC1(C)C)C21C(=O)Nc2ccccc21. The van der Waals surface area contributed by atoms with Crippen LogP contribution in [0.3, 0.4) is 0 Å². The van der Waals surface area contributed by atoms with Crippen molar-refractivity contribution in [2.45, 2.75) is 58.8 Å². The zero-order valence-corrected chi connectivity index (χ0v) is 17.3. The molecule has 2 heterocycles. The maximum Gasteiger partial charge on any atom is 0.243 e. The number of para-hydroxylation sites is 1. The Hall–Kier alpha value is -2.69. The van der Waals surface area contributed by atoms with Crippen LogP contribution in [0, 0.1) is 10.8 Å². The minimum atomic E-state index is -1.14. The summed E-state index contributed by atoms with van der Waals surface area (Å²) >= 11 is 0. The summed E-state index contributed by atoms with van der Waals surface area (Å²) in [6, 6.07) is 7.60. The third kappa shape index (κ3) is 2.24. The van der Waals surface area contributed by atoms with E-state index in [-0.39, 0.29) is 30.3 Å². The van der Waals surface area contributed by atoms with E-state index >= 15 is 0 Å². The van der Waals surface area contributed by atoms with Gasteiger partial charge in [0.15, 0.2) is 0 Å². The number of hydrogen-bond acceptors (Lipinski definition) is 4. The van der Waals surface area contributed by atoms with Gasteiger partial charge in [0.2, 0.25) is 5.91 Å². The highest BCUT2D eigenvalue weighted by molar-refractivity contribution is 6.13. The topological polar surface area (TPSA) is 72.5 Å². The molecular formula is C24H25NO4. The highest BCUT2D eigenvalue weighted by Gasteiger charge is 2.61. The molecule has 1 amide bonds. The van der Waals surface area contributed by atoms with Crippen LogP contribution in [0.15, 0.2) is 46.9 Å². The van der Waals surface area contributed by atoms with E-state index in [2.05, 4.69) is 5.32 Å². The van der Waals surface area contributed by atoms with Crippen molar-refractivity contribution in [2.24, 2.45) is 10.8 Å². The summed E-state index contributed by atoms with van der Waals surface area (Å²) in [4.78, 5) is 39.2. The number of ketones is 2. The van der Waals surface area contributed by atoms with Crippen LogP contribution in [0.2, 0.25) is 0 Å². The lowest BCUT2D eigenvalue weighted by Crippen LogP contribution is -2.50. The largest absolute Gasteiger partial charge is 0.465 e. The number of hydrogen-bond donors (Lipinski definition) is 1. The van der Waals surface area contributed by atoms with Gasteiger partial charge in [0.25, 0.3) is 0 Å². The van der Waals surface area contributed by atoms with Crippen molar-refractivity contribution in [1.82, 2.24) is 0 Å². The van der Waals surface area contributed by atoms with Gasteiger partial charge < -0.3 is 10.1 Å². The van der Waals surface area contributed by atoms with E-state index in [0.29, 0.717) is 24.0 Å². The summed E-state index contributed by atoms with van der Waals surface area (Å²) in [5.74, 6) is 1.46. The van der Waals surface area contributed by atoms with E-state index in [1.54, 1.807) is 0 Å². The molecule has 0 fully saturated rings. The summed E-state index contributed by atoms with van der Waals surface area (Å²) in [6.07, 6.45) is 1.11. The van der Waals surface area contributed by atoms with Crippen LogP contribution in [0.25, 0.3) is 0 Å². The molecule has 0 bridgehead atoms. The van der Waals surface area contributed by atoms with E-state index in [1.165, 1.54) is 0 Å². The maximum absolute atomic E-state index is 13.7. The molecule has 150 valence electrons. The third-order valence-corrected chi connectivity index (χ3v) is 6.83. The molecule has 0 unspecified atom stereocenters. The smallest absolute Gasteiger partial charge is 0.243 e. The first-order valence-corrected chi connectivity index (χ1v) is 10.2. The second-order valence-electron chi connectivity index (χ2n) is 10.0. The Balaban J connectivity index is 1.91. The van der Waals surface area contributed by atoms with Crippen molar-refractivity contribution >= 4 is 23.2 Å². The van der Waals surface area contributed by atoms with Crippen molar-refractivity contribution in [3.05, 3.63) is 52.5 Å². The molecule has 29 heavy (non-hydrogen) atoms. The lowest BCUT2D eigenvalue weighted by atomic mass is 9.57.